The summed E-state index contributed by atoms with van der Waals surface area (Å²) in [4.78, 5) is 2.71. The molecule has 3 nitrogen and oxygen atoms in total. The number of aromatic nitrogens is 1. The fourth-order valence-electron chi connectivity index (χ4n) is 11.7. The third-order valence-corrected chi connectivity index (χ3v) is 19.7. The van der Waals surface area contributed by atoms with E-state index in [0.717, 1.165) is 11.3 Å². The quantitative estimate of drug-likeness (QED) is 0.145. The Morgan fingerprint density at radius 3 is 2.04 bits per heavy atom. The molecule has 8 aromatic carbocycles. The van der Waals surface area contributed by atoms with Gasteiger partial charge in [0.1, 0.15) is 5.58 Å². The van der Waals surface area contributed by atoms with Gasteiger partial charge in [0, 0.05) is 48.7 Å². The highest BCUT2D eigenvalue weighted by atomic mass is 32.1. The van der Waals surface area contributed by atoms with Gasteiger partial charge in [-0.1, -0.05) is 140 Å². The van der Waals surface area contributed by atoms with E-state index in [-0.39, 0.29) is 6.85 Å². The number of nitrogens with zero attached hydrogens (tertiary/aromatic N) is 2. The van der Waals surface area contributed by atoms with E-state index in [2.05, 4.69) is 173 Å². The molecule has 0 amide bonds. The van der Waals surface area contributed by atoms with Gasteiger partial charge in [-0.05, 0) is 72.6 Å². The van der Waals surface area contributed by atoms with Crippen LogP contribution < -0.4 is 36.6 Å². The molecule has 6 heteroatoms. The topological polar surface area (TPSA) is 21.3 Å². The summed E-state index contributed by atoms with van der Waals surface area (Å²) in [5.41, 5.74) is 15.2. The molecular formula is C50H27BN2OSSi. The number of thiophene rings is 1. The Morgan fingerprint density at radius 2 is 1.18 bits per heavy atom. The van der Waals surface area contributed by atoms with Gasteiger partial charge in [0.25, 0.3) is 0 Å². The van der Waals surface area contributed by atoms with Gasteiger partial charge < -0.3 is 13.8 Å². The largest absolute Gasteiger partial charge is 0.441 e. The molecule has 0 unspecified atom stereocenters. The van der Waals surface area contributed by atoms with Gasteiger partial charge in [0.15, 0.2) is 13.8 Å². The predicted octanol–water partition coefficient (Wildman–Crippen LogP) is 9.00. The second-order valence-corrected chi connectivity index (χ2v) is 20.6. The minimum Gasteiger partial charge on any atom is -0.441 e. The Morgan fingerprint density at radius 1 is 0.518 bits per heavy atom. The summed E-state index contributed by atoms with van der Waals surface area (Å²) in [5, 5.41) is 12.2. The predicted molar refractivity (Wildman–Crippen MR) is 239 cm³/mol. The van der Waals surface area contributed by atoms with E-state index < -0.39 is 8.07 Å². The van der Waals surface area contributed by atoms with Crippen LogP contribution in [0.4, 0.5) is 17.1 Å². The second kappa shape index (κ2) is 9.61. The van der Waals surface area contributed by atoms with Crippen molar-refractivity contribution < 1.29 is 4.42 Å². The first-order chi connectivity index (χ1) is 27.8. The lowest BCUT2D eigenvalue weighted by atomic mass is 9.45. The molecule has 15 rings (SSSR count). The van der Waals surface area contributed by atoms with Crippen LogP contribution in [0.1, 0.15) is 0 Å². The number of anilines is 3. The molecule has 4 aliphatic heterocycles. The third-order valence-electron chi connectivity index (χ3n) is 13.6. The standard InChI is InChI=1S/C50H27BN2OSSi/c1-6-21-38-32(16-1)44-33-18-11-17-31-34-27-35-28-13-2-7-22-39(28)55-49(35)48-45(34)51(53(46(31)33)50(44)54-38)36-19-12-26-43-47(36)52(48)37-20-5-10-25-42(37)56(43)40-23-8-3-14-29(40)30-15-4-9-24-41(30)56/h1-27H. The van der Waals surface area contributed by atoms with Crippen molar-refractivity contribution in [2.45, 2.75) is 0 Å². The monoisotopic (exact) mass is 742 g/mol. The molecule has 4 aliphatic rings. The zero-order chi connectivity index (χ0) is 36.0. The van der Waals surface area contributed by atoms with E-state index in [1.165, 1.54) is 113 Å². The van der Waals surface area contributed by atoms with E-state index in [1.54, 1.807) is 0 Å². The average molecular weight is 743 g/mol. The van der Waals surface area contributed by atoms with E-state index in [9.17, 15) is 0 Å². The first-order valence-electron chi connectivity index (χ1n) is 19.5. The molecule has 7 heterocycles. The normalized spacial score (nSPS) is 14.9. The summed E-state index contributed by atoms with van der Waals surface area (Å²) >= 11 is 1.94. The van der Waals surface area contributed by atoms with Crippen LogP contribution in [-0.4, -0.2) is 19.4 Å². The van der Waals surface area contributed by atoms with Crippen LogP contribution in [0.5, 0.6) is 0 Å². The zero-order valence-electron chi connectivity index (χ0n) is 29.9. The highest BCUT2D eigenvalue weighted by Gasteiger charge is 2.57. The van der Waals surface area contributed by atoms with Gasteiger partial charge in [-0.25, -0.2) is 0 Å². The van der Waals surface area contributed by atoms with Gasteiger partial charge >= 0.3 is 6.85 Å². The number of benzene rings is 8. The minimum atomic E-state index is -2.79. The molecule has 56 heavy (non-hydrogen) atoms. The van der Waals surface area contributed by atoms with Crippen molar-refractivity contribution in [2.75, 3.05) is 4.90 Å². The van der Waals surface area contributed by atoms with Crippen molar-refractivity contribution in [1.82, 2.24) is 4.48 Å². The zero-order valence-corrected chi connectivity index (χ0v) is 31.7. The van der Waals surface area contributed by atoms with Crippen molar-refractivity contribution in [3.63, 3.8) is 0 Å². The molecule has 11 aromatic rings. The van der Waals surface area contributed by atoms with Crippen LogP contribution in [0.15, 0.2) is 168 Å². The third kappa shape index (κ3) is 3.00. The molecule has 0 fully saturated rings. The lowest BCUT2D eigenvalue weighted by molar-refractivity contribution is 0.651. The maximum Gasteiger partial charge on any atom is 0.336 e. The SMILES string of the molecule is c1ccc2c(c1)-c1ccccc1[Si]21c2ccccc2N2c3c(cccc31)B1c3c(cc4c(sc5ccccc54)c32)-c2cccc3c4c5ccccc5oc4n1c23. The van der Waals surface area contributed by atoms with Crippen molar-refractivity contribution in [2.24, 2.45) is 0 Å². The Bertz CT molecular complexity index is 3600. The maximum atomic E-state index is 7.01. The first-order valence-corrected chi connectivity index (χ1v) is 22.3. The summed E-state index contributed by atoms with van der Waals surface area (Å²) in [6.45, 7) is -0.0838. The molecule has 0 radical (unpaired) electrons. The number of furan rings is 1. The van der Waals surface area contributed by atoms with Gasteiger partial charge in [-0.15, -0.1) is 11.3 Å². The van der Waals surface area contributed by atoms with Gasteiger partial charge in [0.05, 0.1) is 15.8 Å². The van der Waals surface area contributed by atoms with Crippen molar-refractivity contribution in [3.8, 4) is 22.3 Å². The fraction of sp³-hybridized carbons (Fsp3) is 0. The van der Waals surface area contributed by atoms with Crippen LogP contribution in [0, 0.1) is 0 Å². The van der Waals surface area contributed by atoms with Crippen molar-refractivity contribution in [3.05, 3.63) is 164 Å². The lowest BCUT2D eigenvalue weighted by Gasteiger charge is -2.48. The van der Waals surface area contributed by atoms with Crippen molar-refractivity contribution in [1.29, 1.82) is 0 Å². The lowest BCUT2D eigenvalue weighted by Crippen LogP contribution is -2.77. The smallest absolute Gasteiger partial charge is 0.336 e. The molecule has 0 bridgehead atoms. The summed E-state index contributed by atoms with van der Waals surface area (Å²) in [6.07, 6.45) is 0. The Hall–Kier alpha value is -6.60. The Kier molecular flexibility index (Phi) is 4.94. The Labute approximate surface area is 326 Å². The summed E-state index contributed by atoms with van der Waals surface area (Å²) in [7, 11) is -2.79. The molecule has 256 valence electrons. The highest BCUT2D eigenvalue weighted by Crippen LogP contribution is 2.52. The van der Waals surface area contributed by atoms with Crippen LogP contribution in [0.25, 0.3) is 75.4 Å². The molecule has 0 saturated heterocycles. The number of hydrogen-bond acceptors (Lipinski definition) is 3. The van der Waals surface area contributed by atoms with E-state index in [4.69, 9.17) is 4.42 Å². The molecule has 0 N–H and O–H groups in total. The number of fused-ring (bicyclic) bond motifs is 22. The van der Waals surface area contributed by atoms with Crippen LogP contribution >= 0.6 is 11.3 Å². The molecule has 0 atom stereocenters. The summed E-state index contributed by atoms with van der Waals surface area (Å²) < 4.78 is 12.3. The summed E-state index contributed by atoms with van der Waals surface area (Å²) in [5.74, 6) is 0. The van der Waals surface area contributed by atoms with E-state index >= 15 is 0 Å². The average Bonchev–Trinajstić information content (AvgIpc) is 3.99. The first kappa shape index (κ1) is 28.8. The highest BCUT2D eigenvalue weighted by molar-refractivity contribution is 7.27. The van der Waals surface area contributed by atoms with E-state index in [0.29, 0.717) is 0 Å². The molecule has 0 aliphatic carbocycles. The number of para-hydroxylation sites is 4. The minimum absolute atomic E-state index is 0.0838. The fourth-order valence-corrected chi connectivity index (χ4v) is 18.5. The van der Waals surface area contributed by atoms with Gasteiger partial charge in [-0.3, -0.25) is 0 Å². The van der Waals surface area contributed by atoms with Gasteiger partial charge in [-0.2, -0.15) is 0 Å². The van der Waals surface area contributed by atoms with E-state index in [1.807, 2.05) is 11.3 Å². The van der Waals surface area contributed by atoms with Crippen molar-refractivity contribution >= 4 is 128 Å². The Balaban J connectivity index is 1.19. The van der Waals surface area contributed by atoms with Gasteiger partial charge in [0.2, 0.25) is 0 Å². The molecule has 3 aromatic heterocycles. The molecule has 0 saturated carbocycles. The number of hydrogen-bond donors (Lipinski definition) is 0. The number of rotatable bonds is 0. The molecular weight excluding hydrogens is 716 g/mol. The van der Waals surface area contributed by atoms with Crippen LogP contribution in [-0.2, 0) is 0 Å². The van der Waals surface area contributed by atoms with Crippen LogP contribution in [0.2, 0.25) is 0 Å². The molecule has 1 spiro atoms. The second-order valence-electron chi connectivity index (χ2n) is 15.9. The summed E-state index contributed by atoms with van der Waals surface area (Å²) in [6, 6.07) is 62.2. The maximum absolute atomic E-state index is 7.01. The van der Waals surface area contributed by atoms with Crippen LogP contribution in [0.3, 0.4) is 0 Å².